The first-order valence-electron chi connectivity index (χ1n) is 7.12. The SMILES string of the molecule is CCC1CN(CC(C)(C)C)CCN1C(C)(C)C. The van der Waals surface area contributed by atoms with E-state index in [1.165, 1.54) is 32.6 Å². The third-order valence-electron chi connectivity index (χ3n) is 3.60. The average Bonchev–Trinajstić information content (AvgIpc) is 2.13. The third kappa shape index (κ3) is 4.59. The molecule has 1 rings (SSSR count). The summed E-state index contributed by atoms with van der Waals surface area (Å²) in [5, 5.41) is 0. The van der Waals surface area contributed by atoms with Crippen molar-refractivity contribution in [3.63, 3.8) is 0 Å². The Morgan fingerprint density at radius 1 is 1.00 bits per heavy atom. The van der Waals surface area contributed by atoms with Crippen LogP contribution in [0.5, 0.6) is 0 Å². The normalized spacial score (nSPS) is 25.2. The molecule has 0 aromatic rings. The van der Waals surface area contributed by atoms with Crippen molar-refractivity contribution in [2.75, 3.05) is 26.2 Å². The zero-order valence-corrected chi connectivity index (χ0v) is 13.0. The first kappa shape index (κ1) is 15.0. The van der Waals surface area contributed by atoms with Crippen molar-refractivity contribution in [2.45, 2.75) is 66.5 Å². The minimum atomic E-state index is 0.314. The first-order valence-corrected chi connectivity index (χ1v) is 7.12. The Kier molecular flexibility index (Phi) is 4.65. The van der Waals surface area contributed by atoms with Crippen LogP contribution in [0.3, 0.4) is 0 Å². The van der Waals surface area contributed by atoms with Crippen molar-refractivity contribution in [3.05, 3.63) is 0 Å². The van der Waals surface area contributed by atoms with Crippen LogP contribution in [-0.4, -0.2) is 47.6 Å². The van der Waals surface area contributed by atoms with Crippen LogP contribution in [0, 0.1) is 5.41 Å². The monoisotopic (exact) mass is 240 g/mol. The Labute approximate surface area is 108 Å². The quantitative estimate of drug-likeness (QED) is 0.731. The highest BCUT2D eigenvalue weighted by Crippen LogP contribution is 2.25. The van der Waals surface area contributed by atoms with Gasteiger partial charge in [0.2, 0.25) is 0 Å². The Morgan fingerprint density at radius 2 is 1.59 bits per heavy atom. The van der Waals surface area contributed by atoms with E-state index in [4.69, 9.17) is 0 Å². The largest absolute Gasteiger partial charge is 0.300 e. The summed E-state index contributed by atoms with van der Waals surface area (Å²) in [6.45, 7) is 21.3. The van der Waals surface area contributed by atoms with E-state index in [1.54, 1.807) is 0 Å². The van der Waals surface area contributed by atoms with Crippen LogP contribution in [0.2, 0.25) is 0 Å². The van der Waals surface area contributed by atoms with Crippen LogP contribution < -0.4 is 0 Å². The lowest BCUT2D eigenvalue weighted by Crippen LogP contribution is -2.59. The van der Waals surface area contributed by atoms with Crippen molar-refractivity contribution in [1.29, 1.82) is 0 Å². The van der Waals surface area contributed by atoms with Crippen LogP contribution in [-0.2, 0) is 0 Å². The van der Waals surface area contributed by atoms with E-state index >= 15 is 0 Å². The van der Waals surface area contributed by atoms with Crippen LogP contribution in [0.15, 0.2) is 0 Å². The molecule has 2 heteroatoms. The number of nitrogens with zero attached hydrogens (tertiary/aromatic N) is 2. The van der Waals surface area contributed by atoms with E-state index in [-0.39, 0.29) is 0 Å². The second kappa shape index (κ2) is 5.27. The van der Waals surface area contributed by atoms with Gasteiger partial charge in [0.05, 0.1) is 0 Å². The van der Waals surface area contributed by atoms with Crippen molar-refractivity contribution in [1.82, 2.24) is 9.80 Å². The predicted octanol–water partition coefficient (Wildman–Crippen LogP) is 3.23. The lowest BCUT2D eigenvalue weighted by atomic mass is 9.93. The molecule has 1 fully saturated rings. The predicted molar refractivity (Wildman–Crippen MR) is 76.4 cm³/mol. The summed E-state index contributed by atoms with van der Waals surface area (Å²) in [4.78, 5) is 5.34. The maximum Gasteiger partial charge on any atom is 0.0226 e. The zero-order chi connectivity index (χ0) is 13.3. The molecule has 17 heavy (non-hydrogen) atoms. The van der Waals surface area contributed by atoms with Crippen molar-refractivity contribution in [2.24, 2.45) is 5.41 Å². The molecule has 102 valence electrons. The second-order valence-electron chi connectivity index (χ2n) is 7.72. The van der Waals surface area contributed by atoms with Crippen LogP contribution in [0.1, 0.15) is 54.9 Å². The van der Waals surface area contributed by atoms with Gasteiger partial charge in [0.25, 0.3) is 0 Å². The molecule has 0 aromatic heterocycles. The molecule has 0 aromatic carbocycles. The van der Waals surface area contributed by atoms with Gasteiger partial charge in [0.1, 0.15) is 0 Å². The molecule has 1 saturated heterocycles. The Hall–Kier alpha value is -0.0800. The second-order valence-corrected chi connectivity index (χ2v) is 7.72. The molecule has 1 aliphatic rings. The highest BCUT2D eigenvalue weighted by molar-refractivity contribution is 4.89. The van der Waals surface area contributed by atoms with Gasteiger partial charge >= 0.3 is 0 Å². The zero-order valence-electron chi connectivity index (χ0n) is 13.0. The van der Waals surface area contributed by atoms with E-state index in [9.17, 15) is 0 Å². The maximum absolute atomic E-state index is 2.69. The number of hydrogen-bond acceptors (Lipinski definition) is 2. The van der Waals surface area contributed by atoms with Gasteiger partial charge < -0.3 is 0 Å². The highest BCUT2D eigenvalue weighted by Gasteiger charge is 2.33. The van der Waals surface area contributed by atoms with E-state index < -0.39 is 0 Å². The summed E-state index contributed by atoms with van der Waals surface area (Å²) in [5.74, 6) is 0. The van der Waals surface area contributed by atoms with Crippen molar-refractivity contribution >= 4 is 0 Å². The van der Waals surface area contributed by atoms with E-state index in [2.05, 4.69) is 58.3 Å². The molecule has 1 heterocycles. The highest BCUT2D eigenvalue weighted by atomic mass is 15.3. The summed E-state index contributed by atoms with van der Waals surface area (Å²) in [6, 6.07) is 0.728. The van der Waals surface area contributed by atoms with Crippen LogP contribution in [0.4, 0.5) is 0 Å². The van der Waals surface area contributed by atoms with Gasteiger partial charge in [-0.2, -0.15) is 0 Å². The molecule has 0 saturated carbocycles. The van der Waals surface area contributed by atoms with E-state index in [1.807, 2.05) is 0 Å². The third-order valence-corrected chi connectivity index (χ3v) is 3.60. The fraction of sp³-hybridized carbons (Fsp3) is 1.00. The van der Waals surface area contributed by atoms with Gasteiger partial charge in [-0.3, -0.25) is 9.80 Å². The van der Waals surface area contributed by atoms with Crippen molar-refractivity contribution < 1.29 is 0 Å². The van der Waals surface area contributed by atoms with Crippen LogP contribution in [0.25, 0.3) is 0 Å². The first-order chi connectivity index (χ1) is 7.63. The fourth-order valence-corrected chi connectivity index (χ4v) is 2.97. The molecule has 0 bridgehead atoms. The Morgan fingerprint density at radius 3 is 2.00 bits per heavy atom. The molecular weight excluding hydrogens is 208 g/mol. The molecule has 1 unspecified atom stereocenters. The summed E-state index contributed by atoms with van der Waals surface area (Å²) >= 11 is 0. The lowest BCUT2D eigenvalue weighted by molar-refractivity contribution is -0.00134. The van der Waals surface area contributed by atoms with E-state index in [0.717, 1.165) is 6.04 Å². The minimum absolute atomic E-state index is 0.314. The van der Waals surface area contributed by atoms with Gasteiger partial charge in [-0.1, -0.05) is 27.7 Å². The minimum Gasteiger partial charge on any atom is -0.300 e. The topological polar surface area (TPSA) is 6.48 Å². The molecule has 2 nitrogen and oxygen atoms in total. The average molecular weight is 240 g/mol. The van der Waals surface area contributed by atoms with Crippen molar-refractivity contribution in [3.8, 4) is 0 Å². The van der Waals surface area contributed by atoms with Gasteiger partial charge in [-0.25, -0.2) is 0 Å². The molecule has 1 aliphatic heterocycles. The molecule has 0 N–H and O–H groups in total. The van der Waals surface area contributed by atoms with Gasteiger partial charge in [0, 0.05) is 37.8 Å². The standard InChI is InChI=1S/C15H32N2/c1-8-13-11-16(12-14(2,3)4)9-10-17(13)15(5,6)7/h13H,8-12H2,1-7H3. The maximum atomic E-state index is 2.69. The van der Waals surface area contributed by atoms with E-state index in [0.29, 0.717) is 11.0 Å². The smallest absolute Gasteiger partial charge is 0.0226 e. The number of hydrogen-bond donors (Lipinski definition) is 0. The summed E-state index contributed by atoms with van der Waals surface area (Å²) < 4.78 is 0. The molecule has 0 aliphatic carbocycles. The van der Waals surface area contributed by atoms with Crippen LogP contribution >= 0.6 is 0 Å². The fourth-order valence-electron chi connectivity index (χ4n) is 2.97. The molecular formula is C15H32N2. The number of piperazine rings is 1. The number of rotatable bonds is 2. The molecule has 0 spiro atoms. The summed E-state index contributed by atoms with van der Waals surface area (Å²) in [6.07, 6.45) is 1.26. The van der Waals surface area contributed by atoms with Gasteiger partial charge in [0.15, 0.2) is 0 Å². The molecule has 0 amide bonds. The lowest BCUT2D eigenvalue weighted by Gasteiger charge is -2.49. The molecule has 0 radical (unpaired) electrons. The summed E-state index contributed by atoms with van der Waals surface area (Å²) in [7, 11) is 0. The summed E-state index contributed by atoms with van der Waals surface area (Å²) in [5.41, 5.74) is 0.733. The Bertz CT molecular complexity index is 234. The van der Waals surface area contributed by atoms with Gasteiger partial charge in [-0.15, -0.1) is 0 Å². The van der Waals surface area contributed by atoms with Gasteiger partial charge in [-0.05, 0) is 32.6 Å². The Balaban J connectivity index is 2.61. The molecule has 1 atom stereocenters.